The van der Waals surface area contributed by atoms with Crippen LogP contribution in [-0.4, -0.2) is 211 Å². The summed E-state index contributed by atoms with van der Waals surface area (Å²) in [6.45, 7) is 9.00. The zero-order valence-electron chi connectivity index (χ0n) is 38.4. The van der Waals surface area contributed by atoms with E-state index in [1.807, 2.05) is 0 Å². The van der Waals surface area contributed by atoms with Crippen molar-refractivity contribution in [2.24, 2.45) is 46.3 Å². The maximum atomic E-state index is 12.4. The predicted octanol–water partition coefficient (Wildman–Crippen LogP) is -2.23. The molecule has 380 valence electrons. The van der Waals surface area contributed by atoms with Gasteiger partial charge in [0.15, 0.2) is 24.7 Å². The molecule has 0 radical (unpaired) electrons. The number of hydrogen-bond acceptors (Lipinski definition) is 20. The molecule has 8 fully saturated rings. The maximum Gasteiger partial charge on any atom is 0.187 e. The summed E-state index contributed by atoms with van der Waals surface area (Å²) in [5, 5.41) is 126. The zero-order chi connectivity index (χ0) is 47.8. The van der Waals surface area contributed by atoms with E-state index in [0.717, 1.165) is 25.7 Å². The van der Waals surface area contributed by atoms with Crippen LogP contribution in [0.3, 0.4) is 0 Å². The number of ether oxygens (including phenoxy) is 8. The van der Waals surface area contributed by atoms with Gasteiger partial charge < -0.3 is 99.2 Å². The van der Waals surface area contributed by atoms with Crippen LogP contribution in [0.15, 0.2) is 12.2 Å². The normalized spacial score (nSPS) is 54.8. The molecule has 4 heterocycles. The van der Waals surface area contributed by atoms with Gasteiger partial charge >= 0.3 is 0 Å². The van der Waals surface area contributed by atoms with Crippen molar-refractivity contribution in [3.63, 3.8) is 0 Å². The van der Waals surface area contributed by atoms with E-state index in [-0.39, 0.29) is 53.8 Å². The maximum absolute atomic E-state index is 12.4. The Hall–Kier alpha value is -1.06. The first kappa shape index (κ1) is 51.3. The molecule has 4 saturated carbocycles. The summed E-state index contributed by atoms with van der Waals surface area (Å²) in [4.78, 5) is 0. The summed E-state index contributed by atoms with van der Waals surface area (Å²) in [5.74, 6) is 0.0376. The number of fused-ring (bicyclic) bond motifs is 7. The molecule has 66 heavy (non-hydrogen) atoms. The molecule has 4 aliphatic carbocycles. The third kappa shape index (κ3) is 8.66. The number of hydrogen-bond donors (Lipinski definition) is 12. The van der Waals surface area contributed by atoms with Crippen LogP contribution in [0.1, 0.15) is 78.6 Å². The van der Waals surface area contributed by atoms with Crippen molar-refractivity contribution >= 4 is 0 Å². The smallest absolute Gasteiger partial charge is 0.187 e. The molecule has 0 bridgehead atoms. The Kier molecular flexibility index (Phi) is 15.4. The van der Waals surface area contributed by atoms with Gasteiger partial charge in [-0.2, -0.15) is 0 Å². The fourth-order valence-corrected chi connectivity index (χ4v) is 14.3. The number of aliphatic hydroxyl groups excluding tert-OH is 12. The first-order valence-electron chi connectivity index (χ1n) is 24.0. The average Bonchev–Trinajstić information content (AvgIpc) is 3.77. The molecule has 0 aromatic heterocycles. The third-order valence-electron chi connectivity index (χ3n) is 18.2. The standard InChI is InChI=1S/C46H76O20/c1-19(18-60-41-38(57)35(54)32(51)27(15-47)62-41)8-11-46(59-5)20(2)31-26(66-46)13-25-23-7-6-21-12-22(9-10-44(21,3)24(23)14-30(50)45(25,31)4)61-43-40(37(56)34(53)29(17-49)64-43)65-42-39(58)36(55)33(52)28(16-48)63-42/h20-43,47-58H,1,6-18H2,2-5H3/t20-,21-,22-,23+,24-,25-,26-,27-,28-,29-,30-,31-,32-,33-,34-,35+,36+,37+,38-,39-,40-,41-,42+,43-,44-,45-,46+/m0/s1. The molecule has 4 saturated heterocycles. The largest absolute Gasteiger partial charge is 0.394 e. The van der Waals surface area contributed by atoms with Crippen LogP contribution in [-0.2, 0) is 37.9 Å². The van der Waals surface area contributed by atoms with E-state index in [9.17, 15) is 61.3 Å². The monoisotopic (exact) mass is 948 g/mol. The number of methoxy groups -OCH3 is 1. The van der Waals surface area contributed by atoms with Crippen LogP contribution >= 0.6 is 0 Å². The molecular formula is C46H76O20. The molecule has 4 aliphatic heterocycles. The van der Waals surface area contributed by atoms with Crippen molar-refractivity contribution in [2.45, 2.75) is 195 Å². The average molecular weight is 949 g/mol. The van der Waals surface area contributed by atoms with E-state index in [4.69, 9.17) is 37.9 Å². The van der Waals surface area contributed by atoms with Crippen molar-refractivity contribution in [3.05, 3.63) is 12.2 Å². The fraction of sp³-hybridized carbons (Fsp3) is 0.957. The summed E-state index contributed by atoms with van der Waals surface area (Å²) in [6, 6.07) is 0. The van der Waals surface area contributed by atoms with Gasteiger partial charge in [0.2, 0.25) is 0 Å². The lowest BCUT2D eigenvalue weighted by atomic mass is 9.43. The first-order valence-corrected chi connectivity index (χ1v) is 24.0. The molecule has 0 unspecified atom stereocenters. The highest BCUT2D eigenvalue weighted by molar-refractivity contribution is 5.18. The Labute approximate surface area is 385 Å². The van der Waals surface area contributed by atoms with Crippen LogP contribution in [0.2, 0.25) is 0 Å². The van der Waals surface area contributed by atoms with Gasteiger partial charge in [-0.1, -0.05) is 32.9 Å². The van der Waals surface area contributed by atoms with Gasteiger partial charge in [-0.05, 0) is 80.5 Å². The molecule has 0 aromatic carbocycles. The number of rotatable bonds is 14. The van der Waals surface area contributed by atoms with Crippen molar-refractivity contribution in [3.8, 4) is 0 Å². The Morgan fingerprint density at radius 2 is 1.26 bits per heavy atom. The van der Waals surface area contributed by atoms with E-state index < -0.39 is 129 Å². The summed E-state index contributed by atoms with van der Waals surface area (Å²) in [5.41, 5.74) is 0.123. The van der Waals surface area contributed by atoms with E-state index in [1.165, 1.54) is 0 Å². The lowest BCUT2D eigenvalue weighted by Crippen LogP contribution is -2.65. The molecule has 27 atom stereocenters. The quantitative estimate of drug-likeness (QED) is 0.0648. The van der Waals surface area contributed by atoms with E-state index in [2.05, 4.69) is 27.4 Å². The minimum atomic E-state index is -1.77. The van der Waals surface area contributed by atoms with Gasteiger partial charge in [0.05, 0.1) is 44.7 Å². The van der Waals surface area contributed by atoms with Gasteiger partial charge in [0.1, 0.15) is 73.2 Å². The van der Waals surface area contributed by atoms with Gasteiger partial charge in [0, 0.05) is 30.8 Å². The Bertz CT molecular complexity index is 1660. The highest BCUT2D eigenvalue weighted by atomic mass is 16.8. The van der Waals surface area contributed by atoms with Gasteiger partial charge in [-0.3, -0.25) is 0 Å². The van der Waals surface area contributed by atoms with E-state index in [0.29, 0.717) is 43.6 Å². The molecule has 12 N–H and O–H groups in total. The van der Waals surface area contributed by atoms with Gasteiger partial charge in [-0.25, -0.2) is 0 Å². The van der Waals surface area contributed by atoms with Gasteiger partial charge in [0.25, 0.3) is 0 Å². The molecular weight excluding hydrogens is 872 g/mol. The highest BCUT2D eigenvalue weighted by Gasteiger charge is 2.71. The minimum Gasteiger partial charge on any atom is -0.394 e. The lowest BCUT2D eigenvalue weighted by Gasteiger charge is -2.62. The summed E-state index contributed by atoms with van der Waals surface area (Å²) in [7, 11) is 1.64. The van der Waals surface area contributed by atoms with Crippen molar-refractivity contribution in [1.29, 1.82) is 0 Å². The summed E-state index contributed by atoms with van der Waals surface area (Å²) in [6.07, 6.45) is -17.0. The molecule has 0 amide bonds. The molecule has 0 aromatic rings. The highest BCUT2D eigenvalue weighted by Crippen LogP contribution is 2.71. The fourth-order valence-electron chi connectivity index (χ4n) is 14.3. The van der Waals surface area contributed by atoms with Crippen LogP contribution in [0.25, 0.3) is 0 Å². The lowest BCUT2D eigenvalue weighted by molar-refractivity contribution is -0.373. The number of aliphatic hydroxyl groups is 12. The molecule has 8 rings (SSSR count). The second-order valence-corrected chi connectivity index (χ2v) is 21.3. The third-order valence-corrected chi connectivity index (χ3v) is 18.2. The van der Waals surface area contributed by atoms with E-state index >= 15 is 0 Å². The van der Waals surface area contributed by atoms with E-state index in [1.54, 1.807) is 7.11 Å². The summed E-state index contributed by atoms with van der Waals surface area (Å²) >= 11 is 0. The van der Waals surface area contributed by atoms with Crippen LogP contribution < -0.4 is 0 Å². The van der Waals surface area contributed by atoms with Crippen LogP contribution in [0, 0.1) is 46.3 Å². The molecule has 20 nitrogen and oxygen atoms in total. The van der Waals surface area contributed by atoms with Crippen molar-refractivity contribution in [2.75, 3.05) is 33.5 Å². The zero-order valence-corrected chi connectivity index (χ0v) is 38.4. The SMILES string of the molecule is C=C(CC[C@@]1(OC)O[C@H]2C[C@H]3[C@@H]4CC[C@H]5C[C@@H](O[C@H]6O[C@@H](CO)[C@H](O)[C@@H](O)[C@@H]6O[C@H]6O[C@@H](CO)[C@H](O)[C@@H](O)[C@@H]6O)CC[C@]5(C)[C@H]4C[C@H](O)[C@@]3(C)[C@H]2[C@@H]1C)CO[C@H]1O[C@@H](CO)[C@H](O)[C@@H](O)[C@@H]1O. The Morgan fingerprint density at radius 3 is 1.88 bits per heavy atom. The second kappa shape index (κ2) is 19.9. The minimum absolute atomic E-state index is 0.00972. The predicted molar refractivity (Wildman–Crippen MR) is 225 cm³/mol. The second-order valence-electron chi connectivity index (χ2n) is 21.3. The first-order chi connectivity index (χ1) is 31.3. The van der Waals surface area contributed by atoms with Crippen LogP contribution in [0.4, 0.5) is 0 Å². The van der Waals surface area contributed by atoms with Crippen molar-refractivity contribution in [1.82, 2.24) is 0 Å². The Balaban J connectivity index is 0.897. The molecule has 8 aliphatic rings. The summed E-state index contributed by atoms with van der Waals surface area (Å²) < 4.78 is 48.4. The molecule has 0 spiro atoms. The van der Waals surface area contributed by atoms with Crippen LogP contribution in [0.5, 0.6) is 0 Å². The van der Waals surface area contributed by atoms with Gasteiger partial charge in [-0.15, -0.1) is 0 Å². The topological polar surface area (TPSA) is 317 Å². The van der Waals surface area contributed by atoms with Crippen molar-refractivity contribution < 1.29 is 99.2 Å². The Morgan fingerprint density at radius 1 is 0.667 bits per heavy atom. The molecule has 20 heteroatoms.